The summed E-state index contributed by atoms with van der Waals surface area (Å²) in [6.07, 6.45) is 5.26. The predicted octanol–water partition coefficient (Wildman–Crippen LogP) is 3.50. The minimum Gasteiger partial charge on any atom is -0.378 e. The van der Waals surface area contributed by atoms with Crippen molar-refractivity contribution in [3.63, 3.8) is 0 Å². The Hall–Kier alpha value is -3.19. The van der Waals surface area contributed by atoms with Crippen molar-refractivity contribution in [1.82, 2.24) is 15.0 Å². The first-order valence-electron chi connectivity index (χ1n) is 8.98. The van der Waals surface area contributed by atoms with Crippen molar-refractivity contribution in [3.8, 4) is 0 Å². The van der Waals surface area contributed by atoms with Crippen LogP contribution < -0.4 is 15.5 Å². The molecule has 3 heterocycles. The largest absolute Gasteiger partial charge is 0.378 e. The number of pyridine rings is 1. The second kappa shape index (κ2) is 8.01. The smallest absolute Gasteiger partial charge is 0.229 e. The number of benzene rings is 1. The van der Waals surface area contributed by atoms with E-state index in [1.54, 1.807) is 18.6 Å². The molecule has 0 spiro atoms. The van der Waals surface area contributed by atoms with Gasteiger partial charge in [0.15, 0.2) is 0 Å². The van der Waals surface area contributed by atoms with Crippen LogP contribution in [-0.2, 0) is 4.74 Å². The number of anilines is 5. The molecule has 0 aliphatic carbocycles. The van der Waals surface area contributed by atoms with Gasteiger partial charge < -0.3 is 20.3 Å². The summed E-state index contributed by atoms with van der Waals surface area (Å²) in [4.78, 5) is 15.3. The number of aromatic nitrogens is 3. The third-order valence-corrected chi connectivity index (χ3v) is 4.41. The lowest BCUT2D eigenvalue weighted by Crippen LogP contribution is -2.36. The summed E-state index contributed by atoms with van der Waals surface area (Å²) in [6.45, 7) is 5.42. The Morgan fingerprint density at radius 3 is 2.37 bits per heavy atom. The van der Waals surface area contributed by atoms with E-state index >= 15 is 0 Å². The molecule has 1 aliphatic rings. The number of hydrogen-bond donors (Lipinski definition) is 2. The van der Waals surface area contributed by atoms with Crippen molar-refractivity contribution in [2.75, 3.05) is 41.8 Å². The Morgan fingerprint density at radius 2 is 1.63 bits per heavy atom. The zero-order valence-corrected chi connectivity index (χ0v) is 15.2. The van der Waals surface area contributed by atoms with E-state index in [0.29, 0.717) is 5.95 Å². The van der Waals surface area contributed by atoms with E-state index in [4.69, 9.17) is 4.74 Å². The molecule has 0 unspecified atom stereocenters. The van der Waals surface area contributed by atoms with Crippen molar-refractivity contribution in [3.05, 3.63) is 60.6 Å². The third kappa shape index (κ3) is 4.32. The standard InChI is InChI=1S/C20H22N6O/c1-15-14-22-20(24-17-6-8-21-9-7-17)25-19(15)23-16-2-4-18(5-3-16)26-10-12-27-13-11-26/h2-9,14H,10-13H2,1H3,(H2,21,22,23,24,25). The maximum atomic E-state index is 5.41. The number of ether oxygens (including phenoxy) is 1. The average Bonchev–Trinajstić information content (AvgIpc) is 2.72. The molecule has 1 aliphatic heterocycles. The summed E-state index contributed by atoms with van der Waals surface area (Å²) < 4.78 is 5.41. The Labute approximate surface area is 158 Å². The van der Waals surface area contributed by atoms with Crippen LogP contribution in [0.5, 0.6) is 0 Å². The molecule has 7 heteroatoms. The fourth-order valence-corrected chi connectivity index (χ4v) is 2.91. The van der Waals surface area contributed by atoms with E-state index in [9.17, 15) is 0 Å². The second-order valence-corrected chi connectivity index (χ2v) is 6.36. The summed E-state index contributed by atoms with van der Waals surface area (Å²) in [5, 5.41) is 6.57. The summed E-state index contributed by atoms with van der Waals surface area (Å²) >= 11 is 0. The molecule has 1 fully saturated rings. The van der Waals surface area contributed by atoms with Crippen molar-refractivity contribution in [2.45, 2.75) is 6.92 Å². The fraction of sp³-hybridized carbons (Fsp3) is 0.250. The first kappa shape index (κ1) is 17.2. The molecular weight excluding hydrogens is 340 g/mol. The van der Waals surface area contributed by atoms with Gasteiger partial charge in [0.25, 0.3) is 0 Å². The third-order valence-electron chi connectivity index (χ3n) is 4.41. The van der Waals surface area contributed by atoms with Crippen LogP contribution in [0.4, 0.5) is 28.8 Å². The van der Waals surface area contributed by atoms with Crippen LogP contribution in [-0.4, -0.2) is 41.3 Å². The molecule has 2 N–H and O–H groups in total. The maximum Gasteiger partial charge on any atom is 0.229 e. The van der Waals surface area contributed by atoms with Gasteiger partial charge in [-0.25, -0.2) is 4.98 Å². The molecule has 0 amide bonds. The summed E-state index contributed by atoms with van der Waals surface area (Å²) in [6, 6.07) is 12.1. The van der Waals surface area contributed by atoms with E-state index < -0.39 is 0 Å². The second-order valence-electron chi connectivity index (χ2n) is 6.36. The number of hydrogen-bond acceptors (Lipinski definition) is 7. The van der Waals surface area contributed by atoms with Crippen LogP contribution in [0.1, 0.15) is 5.56 Å². The lowest BCUT2D eigenvalue weighted by atomic mass is 10.2. The van der Waals surface area contributed by atoms with E-state index in [1.807, 2.05) is 19.1 Å². The molecule has 1 aromatic carbocycles. The molecule has 1 saturated heterocycles. The number of aryl methyl sites for hydroxylation is 1. The Kier molecular flexibility index (Phi) is 5.11. The number of nitrogens with one attached hydrogen (secondary N) is 2. The molecule has 0 radical (unpaired) electrons. The molecule has 2 aromatic heterocycles. The molecular formula is C20H22N6O. The van der Waals surface area contributed by atoms with Crippen molar-refractivity contribution < 1.29 is 4.74 Å². The van der Waals surface area contributed by atoms with Gasteiger partial charge in [-0.05, 0) is 43.3 Å². The van der Waals surface area contributed by atoms with Gasteiger partial charge in [0.2, 0.25) is 5.95 Å². The molecule has 7 nitrogen and oxygen atoms in total. The zero-order valence-electron chi connectivity index (χ0n) is 15.2. The Balaban J connectivity index is 1.47. The Morgan fingerprint density at radius 1 is 0.926 bits per heavy atom. The first-order chi connectivity index (χ1) is 13.3. The van der Waals surface area contributed by atoms with Crippen molar-refractivity contribution in [2.24, 2.45) is 0 Å². The highest BCUT2D eigenvalue weighted by Crippen LogP contribution is 2.23. The van der Waals surface area contributed by atoms with Crippen molar-refractivity contribution in [1.29, 1.82) is 0 Å². The number of morpholine rings is 1. The topological polar surface area (TPSA) is 75.2 Å². The van der Waals surface area contributed by atoms with Gasteiger partial charge >= 0.3 is 0 Å². The molecule has 0 saturated carbocycles. The van der Waals surface area contributed by atoms with E-state index in [-0.39, 0.29) is 0 Å². The lowest BCUT2D eigenvalue weighted by Gasteiger charge is -2.28. The van der Waals surface area contributed by atoms with E-state index in [1.165, 1.54) is 5.69 Å². The fourth-order valence-electron chi connectivity index (χ4n) is 2.91. The molecule has 4 rings (SSSR count). The quantitative estimate of drug-likeness (QED) is 0.719. The van der Waals surface area contributed by atoms with Crippen LogP contribution in [0.3, 0.4) is 0 Å². The minimum absolute atomic E-state index is 0.541. The highest BCUT2D eigenvalue weighted by molar-refractivity contribution is 5.64. The van der Waals surface area contributed by atoms with Crippen LogP contribution in [0, 0.1) is 6.92 Å². The summed E-state index contributed by atoms with van der Waals surface area (Å²) in [7, 11) is 0. The molecule has 0 bridgehead atoms. The van der Waals surface area contributed by atoms with E-state index in [0.717, 1.165) is 49.1 Å². The molecule has 3 aromatic rings. The van der Waals surface area contributed by atoms with Gasteiger partial charge in [0.1, 0.15) is 5.82 Å². The zero-order chi connectivity index (χ0) is 18.5. The van der Waals surface area contributed by atoms with Crippen LogP contribution in [0.15, 0.2) is 55.0 Å². The maximum absolute atomic E-state index is 5.41. The van der Waals surface area contributed by atoms with Gasteiger partial charge in [0.05, 0.1) is 13.2 Å². The van der Waals surface area contributed by atoms with Crippen LogP contribution in [0.2, 0.25) is 0 Å². The summed E-state index contributed by atoms with van der Waals surface area (Å²) in [5.41, 5.74) is 4.08. The van der Waals surface area contributed by atoms with Crippen molar-refractivity contribution >= 4 is 28.8 Å². The van der Waals surface area contributed by atoms with Crippen LogP contribution >= 0.6 is 0 Å². The first-order valence-corrected chi connectivity index (χ1v) is 8.98. The SMILES string of the molecule is Cc1cnc(Nc2ccncc2)nc1Nc1ccc(N2CCOCC2)cc1. The van der Waals surface area contributed by atoms with Gasteiger partial charge in [-0.2, -0.15) is 4.98 Å². The monoisotopic (exact) mass is 362 g/mol. The Bertz CT molecular complexity index is 879. The van der Waals surface area contributed by atoms with Gasteiger partial charge in [0, 0.05) is 54.3 Å². The molecule has 138 valence electrons. The predicted molar refractivity (Wildman–Crippen MR) is 107 cm³/mol. The number of nitrogens with zero attached hydrogens (tertiary/aromatic N) is 4. The molecule has 0 atom stereocenters. The normalized spacial score (nSPS) is 14.0. The van der Waals surface area contributed by atoms with Crippen LogP contribution in [0.25, 0.3) is 0 Å². The molecule has 27 heavy (non-hydrogen) atoms. The number of rotatable bonds is 5. The average molecular weight is 362 g/mol. The van der Waals surface area contributed by atoms with Gasteiger partial charge in [-0.15, -0.1) is 0 Å². The summed E-state index contributed by atoms with van der Waals surface area (Å²) in [5.74, 6) is 1.32. The highest BCUT2D eigenvalue weighted by Gasteiger charge is 2.11. The lowest BCUT2D eigenvalue weighted by molar-refractivity contribution is 0.122. The minimum atomic E-state index is 0.541. The highest BCUT2D eigenvalue weighted by atomic mass is 16.5. The van der Waals surface area contributed by atoms with Gasteiger partial charge in [-0.1, -0.05) is 0 Å². The van der Waals surface area contributed by atoms with Gasteiger partial charge in [-0.3, -0.25) is 4.98 Å². The van der Waals surface area contributed by atoms with E-state index in [2.05, 4.69) is 54.8 Å².